The molecule has 0 bridgehead atoms. The third-order valence-corrected chi connectivity index (χ3v) is 3.86. The summed E-state index contributed by atoms with van der Waals surface area (Å²) in [4.78, 5) is 17.0. The highest BCUT2D eigenvalue weighted by atomic mass is 32.1. The Morgan fingerprint density at radius 2 is 2.14 bits per heavy atom. The Labute approximate surface area is 130 Å². The van der Waals surface area contributed by atoms with Gasteiger partial charge in [-0.3, -0.25) is 0 Å². The number of carbonyl (C=O) groups excluding carboxylic acids is 1. The number of anilines is 1. The quantitative estimate of drug-likeness (QED) is 0.900. The summed E-state index contributed by atoms with van der Waals surface area (Å²) in [7, 11) is 0. The molecule has 0 radical (unpaired) electrons. The van der Waals surface area contributed by atoms with Crippen LogP contribution in [0.15, 0.2) is 5.38 Å². The van der Waals surface area contributed by atoms with Crippen molar-refractivity contribution < 1.29 is 22.7 Å². The first-order valence-corrected chi connectivity index (χ1v) is 7.70. The van der Waals surface area contributed by atoms with Crippen LogP contribution in [0.25, 0.3) is 0 Å². The third-order valence-electron chi connectivity index (χ3n) is 2.96. The minimum Gasteiger partial charge on any atom is -0.444 e. The Morgan fingerprint density at radius 1 is 1.45 bits per heavy atom. The first-order valence-electron chi connectivity index (χ1n) is 6.82. The molecule has 1 aliphatic heterocycles. The highest BCUT2D eigenvalue weighted by Gasteiger charge is 2.35. The highest BCUT2D eigenvalue weighted by Crippen LogP contribution is 2.33. The number of rotatable bonds is 2. The maximum Gasteiger partial charge on any atom is 0.434 e. The minimum atomic E-state index is -4.43. The van der Waals surface area contributed by atoms with Crippen LogP contribution in [0.4, 0.5) is 23.1 Å². The molecule has 2 heterocycles. The lowest BCUT2D eigenvalue weighted by Gasteiger charge is -2.22. The summed E-state index contributed by atoms with van der Waals surface area (Å²) < 4.78 is 42.8. The van der Waals surface area contributed by atoms with Crippen LogP contribution in [0, 0.1) is 0 Å². The standard InChI is InChI=1S/C13H18F3N3O2S/c1-12(2,3)21-11(20)17-8-4-5-19(6-8)10-18-9(7-22-10)13(14,15)16/h7-8H,4-6H2,1-3H3,(H,17,20)/t8-/m0/s1. The van der Waals surface area contributed by atoms with Gasteiger partial charge in [-0.15, -0.1) is 11.3 Å². The molecule has 22 heavy (non-hydrogen) atoms. The van der Waals surface area contributed by atoms with Gasteiger partial charge in [-0.1, -0.05) is 0 Å². The van der Waals surface area contributed by atoms with Gasteiger partial charge in [0.15, 0.2) is 10.8 Å². The number of nitrogens with one attached hydrogen (secondary N) is 1. The number of carbonyl (C=O) groups is 1. The van der Waals surface area contributed by atoms with Gasteiger partial charge in [-0.05, 0) is 27.2 Å². The molecule has 0 aromatic carbocycles. The van der Waals surface area contributed by atoms with E-state index in [1.54, 1.807) is 25.7 Å². The molecule has 0 unspecified atom stereocenters. The van der Waals surface area contributed by atoms with Crippen LogP contribution >= 0.6 is 11.3 Å². The second kappa shape index (κ2) is 5.94. The molecule has 1 N–H and O–H groups in total. The fourth-order valence-corrected chi connectivity index (χ4v) is 2.94. The fourth-order valence-electron chi connectivity index (χ4n) is 2.07. The normalized spacial score (nSPS) is 19.4. The molecule has 0 spiro atoms. The van der Waals surface area contributed by atoms with Crippen molar-refractivity contribution in [3.05, 3.63) is 11.1 Å². The lowest BCUT2D eigenvalue weighted by molar-refractivity contribution is -0.140. The summed E-state index contributed by atoms with van der Waals surface area (Å²) >= 11 is 0.955. The van der Waals surface area contributed by atoms with Gasteiger partial charge in [-0.25, -0.2) is 9.78 Å². The zero-order valence-electron chi connectivity index (χ0n) is 12.5. The lowest BCUT2D eigenvalue weighted by atomic mass is 10.2. The number of alkyl halides is 3. The highest BCUT2D eigenvalue weighted by molar-refractivity contribution is 7.13. The van der Waals surface area contributed by atoms with Gasteiger partial charge in [0.25, 0.3) is 0 Å². The Morgan fingerprint density at radius 3 is 2.68 bits per heavy atom. The van der Waals surface area contributed by atoms with Gasteiger partial charge in [0, 0.05) is 18.5 Å². The zero-order chi connectivity index (χ0) is 16.5. The molecular weight excluding hydrogens is 319 g/mol. The number of hydrogen-bond donors (Lipinski definition) is 1. The molecule has 1 fully saturated rings. The molecule has 2 rings (SSSR count). The third kappa shape index (κ3) is 4.49. The Balaban J connectivity index is 1.90. The monoisotopic (exact) mass is 337 g/mol. The molecular formula is C13H18F3N3O2S. The smallest absolute Gasteiger partial charge is 0.434 e. The molecule has 0 aliphatic carbocycles. The molecule has 5 nitrogen and oxygen atoms in total. The van der Waals surface area contributed by atoms with Crippen LogP contribution < -0.4 is 10.2 Å². The van der Waals surface area contributed by atoms with E-state index in [9.17, 15) is 18.0 Å². The van der Waals surface area contributed by atoms with Gasteiger partial charge >= 0.3 is 12.3 Å². The van der Waals surface area contributed by atoms with Gasteiger partial charge in [0.2, 0.25) is 0 Å². The first-order chi connectivity index (χ1) is 10.0. The van der Waals surface area contributed by atoms with Crippen molar-refractivity contribution in [2.24, 2.45) is 0 Å². The molecule has 124 valence electrons. The SMILES string of the molecule is CC(C)(C)OC(=O)N[C@H]1CCN(c2nc(C(F)(F)F)cs2)C1. The lowest BCUT2D eigenvalue weighted by Crippen LogP contribution is -2.40. The van der Waals surface area contributed by atoms with Gasteiger partial charge in [-0.2, -0.15) is 13.2 Å². The molecule has 1 saturated heterocycles. The molecule has 1 aromatic heterocycles. The summed E-state index contributed by atoms with van der Waals surface area (Å²) in [5.41, 5.74) is -1.46. The number of hydrogen-bond acceptors (Lipinski definition) is 5. The second-order valence-corrected chi connectivity index (χ2v) is 6.93. The summed E-state index contributed by atoms with van der Waals surface area (Å²) in [5, 5.41) is 4.05. The van der Waals surface area contributed by atoms with Gasteiger partial charge < -0.3 is 15.0 Å². The van der Waals surface area contributed by atoms with E-state index in [1.807, 2.05) is 0 Å². The molecule has 9 heteroatoms. The van der Waals surface area contributed by atoms with Crippen molar-refractivity contribution in [1.82, 2.24) is 10.3 Å². The topological polar surface area (TPSA) is 54.5 Å². The van der Waals surface area contributed by atoms with Crippen LogP contribution in [0.5, 0.6) is 0 Å². The van der Waals surface area contributed by atoms with Crippen LogP contribution in [-0.4, -0.2) is 35.8 Å². The Bertz CT molecular complexity index is 539. The molecule has 0 saturated carbocycles. The zero-order valence-corrected chi connectivity index (χ0v) is 13.3. The number of amides is 1. The van der Waals surface area contributed by atoms with E-state index in [2.05, 4.69) is 10.3 Å². The van der Waals surface area contributed by atoms with Gasteiger partial charge in [0.1, 0.15) is 5.60 Å². The predicted molar refractivity (Wildman–Crippen MR) is 77.1 cm³/mol. The largest absolute Gasteiger partial charge is 0.444 e. The van der Waals surface area contributed by atoms with Crippen molar-refractivity contribution in [3.63, 3.8) is 0 Å². The van der Waals surface area contributed by atoms with Gasteiger partial charge in [0.05, 0.1) is 6.04 Å². The molecule has 1 atom stereocenters. The minimum absolute atomic E-state index is 0.159. The molecule has 1 amide bonds. The second-order valence-electron chi connectivity index (χ2n) is 6.09. The van der Waals surface area contributed by atoms with E-state index < -0.39 is 23.6 Å². The number of nitrogens with zero attached hydrogens (tertiary/aromatic N) is 2. The van der Waals surface area contributed by atoms with Crippen LogP contribution in [0.2, 0.25) is 0 Å². The predicted octanol–water partition coefficient (Wildman–Crippen LogP) is 3.27. The summed E-state index contributed by atoms with van der Waals surface area (Å²) in [6.45, 7) is 6.26. The first kappa shape index (κ1) is 16.9. The van der Waals surface area contributed by atoms with Crippen molar-refractivity contribution in [1.29, 1.82) is 0 Å². The van der Waals surface area contributed by atoms with Crippen molar-refractivity contribution in [3.8, 4) is 0 Å². The van der Waals surface area contributed by atoms with Crippen LogP contribution in [-0.2, 0) is 10.9 Å². The Kier molecular flexibility index (Phi) is 4.55. The number of aromatic nitrogens is 1. The Hall–Kier alpha value is -1.51. The fraction of sp³-hybridized carbons (Fsp3) is 0.692. The maximum absolute atomic E-state index is 12.5. The van der Waals surface area contributed by atoms with Crippen LogP contribution in [0.1, 0.15) is 32.9 Å². The number of thiazole rings is 1. The average Bonchev–Trinajstić information content (AvgIpc) is 2.91. The molecule has 1 aliphatic rings. The number of halogens is 3. The van der Waals surface area contributed by atoms with E-state index in [-0.39, 0.29) is 6.04 Å². The van der Waals surface area contributed by atoms with Crippen molar-refractivity contribution in [2.75, 3.05) is 18.0 Å². The maximum atomic E-state index is 12.5. The van der Waals surface area contributed by atoms with Crippen molar-refractivity contribution >= 4 is 22.6 Å². The van der Waals surface area contributed by atoms with Crippen LogP contribution in [0.3, 0.4) is 0 Å². The summed E-state index contributed by atoms with van der Waals surface area (Å²) in [6, 6.07) is -0.159. The molecule has 1 aromatic rings. The van der Waals surface area contributed by atoms with E-state index in [4.69, 9.17) is 4.74 Å². The van der Waals surface area contributed by atoms with E-state index in [0.717, 1.165) is 16.7 Å². The summed E-state index contributed by atoms with van der Waals surface area (Å²) in [5.74, 6) is 0. The summed E-state index contributed by atoms with van der Waals surface area (Å²) in [6.07, 6.45) is -4.31. The average molecular weight is 337 g/mol. The van der Waals surface area contributed by atoms with E-state index >= 15 is 0 Å². The number of ether oxygens (including phenoxy) is 1. The van der Waals surface area contributed by atoms with Crippen molar-refractivity contribution in [2.45, 2.75) is 45.0 Å². The van der Waals surface area contributed by atoms with E-state index in [1.165, 1.54) is 0 Å². The van der Waals surface area contributed by atoms with E-state index in [0.29, 0.717) is 24.6 Å². The number of alkyl carbamates (subject to hydrolysis) is 1.